The van der Waals surface area contributed by atoms with Gasteiger partial charge in [0.2, 0.25) is 0 Å². The summed E-state index contributed by atoms with van der Waals surface area (Å²) in [5, 5.41) is 23.1. The zero-order valence-electron chi connectivity index (χ0n) is 8.31. The number of hydrogen-bond acceptors (Lipinski definition) is 4. The first-order valence-corrected chi connectivity index (χ1v) is 5.71. The molecule has 1 aromatic heterocycles. The van der Waals surface area contributed by atoms with Crippen LogP contribution in [0.3, 0.4) is 0 Å². The molecule has 4 heteroatoms. The minimum Gasteiger partial charge on any atom is -0.394 e. The molecule has 2 atom stereocenters. The molecule has 0 saturated heterocycles. The molecule has 14 heavy (non-hydrogen) atoms. The van der Waals surface area contributed by atoms with E-state index in [4.69, 9.17) is 5.11 Å². The highest BCUT2D eigenvalue weighted by atomic mass is 32.1. The van der Waals surface area contributed by atoms with Crippen LogP contribution in [0.15, 0.2) is 17.5 Å². The molecule has 3 N–H and O–H groups in total. The Bertz CT molecular complexity index is 238. The fourth-order valence-electron chi connectivity index (χ4n) is 1.28. The van der Waals surface area contributed by atoms with Gasteiger partial charge in [0.25, 0.3) is 0 Å². The molecule has 0 bridgehead atoms. The van der Waals surface area contributed by atoms with Crippen molar-refractivity contribution >= 4 is 11.3 Å². The summed E-state index contributed by atoms with van der Waals surface area (Å²) >= 11 is 1.71. The lowest BCUT2D eigenvalue weighted by molar-refractivity contribution is 0.0918. The third-order valence-corrected chi connectivity index (χ3v) is 3.09. The smallest absolute Gasteiger partial charge is 0.0895 e. The van der Waals surface area contributed by atoms with Crippen LogP contribution in [0.25, 0.3) is 0 Å². The lowest BCUT2D eigenvalue weighted by Crippen LogP contribution is -2.31. The highest BCUT2D eigenvalue weighted by Crippen LogP contribution is 2.21. The van der Waals surface area contributed by atoms with Gasteiger partial charge in [0.05, 0.1) is 12.7 Å². The second-order valence-electron chi connectivity index (χ2n) is 3.22. The Kier molecular flexibility index (Phi) is 5.11. The fourth-order valence-corrected chi connectivity index (χ4v) is 2.16. The van der Waals surface area contributed by atoms with Crippen molar-refractivity contribution in [2.24, 2.45) is 0 Å². The van der Waals surface area contributed by atoms with Gasteiger partial charge >= 0.3 is 0 Å². The van der Waals surface area contributed by atoms with Gasteiger partial charge in [0.15, 0.2) is 0 Å². The lowest BCUT2D eigenvalue weighted by atomic mass is 10.2. The van der Waals surface area contributed by atoms with Crippen molar-refractivity contribution in [3.63, 3.8) is 0 Å². The van der Waals surface area contributed by atoms with Crippen LogP contribution in [0.1, 0.15) is 24.3 Å². The molecule has 0 fully saturated rings. The van der Waals surface area contributed by atoms with E-state index in [-0.39, 0.29) is 12.6 Å². The van der Waals surface area contributed by atoms with Gasteiger partial charge in [-0.3, -0.25) is 0 Å². The molecule has 0 aliphatic carbocycles. The summed E-state index contributed by atoms with van der Waals surface area (Å²) in [6.45, 7) is 2.35. The Morgan fingerprint density at radius 2 is 2.36 bits per heavy atom. The van der Waals surface area contributed by atoms with Gasteiger partial charge in [-0.15, -0.1) is 11.3 Å². The Morgan fingerprint density at radius 3 is 2.86 bits per heavy atom. The van der Waals surface area contributed by atoms with E-state index >= 15 is 0 Å². The molecule has 0 aromatic carbocycles. The van der Waals surface area contributed by atoms with Gasteiger partial charge in [-0.05, 0) is 17.9 Å². The van der Waals surface area contributed by atoms with Crippen LogP contribution in [-0.4, -0.2) is 29.5 Å². The summed E-state index contributed by atoms with van der Waals surface area (Å²) in [5.41, 5.74) is 0. The predicted octanol–water partition coefficient (Wildman–Crippen LogP) is 1.14. The lowest BCUT2D eigenvalue weighted by Gasteiger charge is -2.17. The van der Waals surface area contributed by atoms with E-state index in [9.17, 15) is 5.11 Å². The van der Waals surface area contributed by atoms with Crippen molar-refractivity contribution in [1.29, 1.82) is 0 Å². The molecule has 0 aliphatic heterocycles. The normalized spacial score (nSPS) is 15.4. The minimum atomic E-state index is -0.663. The summed E-state index contributed by atoms with van der Waals surface area (Å²) in [6.07, 6.45) is 0.322. The standard InChI is InChI=1S/C10H17NO2S/c1-2-9(10-4-3-5-14-10)11-6-8(13)7-12/h3-5,8-9,11-13H,2,6-7H2,1H3/t8-,9?/m0/s1. The maximum atomic E-state index is 9.19. The number of aliphatic hydroxyl groups is 2. The predicted molar refractivity (Wildman–Crippen MR) is 58.4 cm³/mol. The van der Waals surface area contributed by atoms with E-state index in [2.05, 4.69) is 18.3 Å². The number of thiophene rings is 1. The molecule has 0 spiro atoms. The molecule has 3 nitrogen and oxygen atoms in total. The number of rotatable bonds is 6. The van der Waals surface area contributed by atoms with E-state index in [0.29, 0.717) is 6.54 Å². The van der Waals surface area contributed by atoms with Gasteiger partial charge in [0, 0.05) is 17.5 Å². The second kappa shape index (κ2) is 6.14. The number of aliphatic hydroxyl groups excluding tert-OH is 2. The highest BCUT2D eigenvalue weighted by molar-refractivity contribution is 7.10. The minimum absolute atomic E-state index is 0.187. The van der Waals surface area contributed by atoms with E-state index in [1.807, 2.05) is 11.4 Å². The largest absolute Gasteiger partial charge is 0.394 e. The maximum absolute atomic E-state index is 9.19. The van der Waals surface area contributed by atoms with E-state index in [0.717, 1.165) is 6.42 Å². The van der Waals surface area contributed by atoms with Crippen LogP contribution in [-0.2, 0) is 0 Å². The van der Waals surface area contributed by atoms with E-state index in [1.165, 1.54) is 4.88 Å². The van der Waals surface area contributed by atoms with Crippen molar-refractivity contribution in [3.05, 3.63) is 22.4 Å². The van der Waals surface area contributed by atoms with Gasteiger partial charge in [0.1, 0.15) is 0 Å². The van der Waals surface area contributed by atoms with Gasteiger partial charge < -0.3 is 15.5 Å². The molecule has 1 aromatic rings. The van der Waals surface area contributed by atoms with Crippen LogP contribution in [0.2, 0.25) is 0 Å². The average Bonchev–Trinajstić information content (AvgIpc) is 2.72. The Hall–Kier alpha value is -0.420. The van der Waals surface area contributed by atoms with E-state index in [1.54, 1.807) is 11.3 Å². The molecule has 1 heterocycles. The third-order valence-electron chi connectivity index (χ3n) is 2.11. The van der Waals surface area contributed by atoms with Crippen LogP contribution < -0.4 is 5.32 Å². The zero-order chi connectivity index (χ0) is 10.4. The molecule has 0 saturated carbocycles. The molecule has 0 radical (unpaired) electrons. The monoisotopic (exact) mass is 215 g/mol. The topological polar surface area (TPSA) is 52.5 Å². The maximum Gasteiger partial charge on any atom is 0.0895 e. The summed E-state index contributed by atoms with van der Waals surface area (Å²) in [6, 6.07) is 4.39. The van der Waals surface area contributed by atoms with Crippen molar-refractivity contribution in [2.75, 3.05) is 13.2 Å². The van der Waals surface area contributed by atoms with Crippen LogP contribution in [0.4, 0.5) is 0 Å². The van der Waals surface area contributed by atoms with Gasteiger partial charge in [-0.2, -0.15) is 0 Å². The SMILES string of the molecule is CCC(NC[C@H](O)CO)c1cccs1. The summed E-state index contributed by atoms with van der Waals surface area (Å²) in [5.74, 6) is 0. The quantitative estimate of drug-likeness (QED) is 0.667. The van der Waals surface area contributed by atoms with Crippen LogP contribution in [0, 0.1) is 0 Å². The Labute approximate surface area is 88.4 Å². The summed E-state index contributed by atoms with van der Waals surface area (Å²) in [4.78, 5) is 1.28. The summed E-state index contributed by atoms with van der Waals surface area (Å²) in [7, 11) is 0. The average molecular weight is 215 g/mol. The molecular formula is C10H17NO2S. The van der Waals surface area contributed by atoms with Crippen LogP contribution >= 0.6 is 11.3 Å². The summed E-state index contributed by atoms with van der Waals surface area (Å²) < 4.78 is 0. The van der Waals surface area contributed by atoms with Crippen molar-refractivity contribution in [2.45, 2.75) is 25.5 Å². The number of hydrogen-bond donors (Lipinski definition) is 3. The van der Waals surface area contributed by atoms with Crippen molar-refractivity contribution in [1.82, 2.24) is 5.32 Å². The first-order chi connectivity index (χ1) is 6.77. The Balaban J connectivity index is 2.40. The first kappa shape index (κ1) is 11.7. The second-order valence-corrected chi connectivity index (χ2v) is 4.20. The highest BCUT2D eigenvalue weighted by Gasteiger charge is 2.11. The van der Waals surface area contributed by atoms with Crippen molar-refractivity contribution in [3.8, 4) is 0 Å². The zero-order valence-corrected chi connectivity index (χ0v) is 9.13. The fraction of sp³-hybridized carbons (Fsp3) is 0.600. The van der Waals surface area contributed by atoms with Crippen LogP contribution in [0.5, 0.6) is 0 Å². The molecule has 1 unspecified atom stereocenters. The Morgan fingerprint density at radius 1 is 1.57 bits per heavy atom. The molecule has 80 valence electrons. The van der Waals surface area contributed by atoms with E-state index < -0.39 is 6.10 Å². The molecule has 0 aliphatic rings. The molecular weight excluding hydrogens is 198 g/mol. The molecule has 1 rings (SSSR count). The first-order valence-electron chi connectivity index (χ1n) is 4.83. The molecule has 0 amide bonds. The van der Waals surface area contributed by atoms with Gasteiger partial charge in [-0.1, -0.05) is 13.0 Å². The number of nitrogens with one attached hydrogen (secondary N) is 1. The van der Waals surface area contributed by atoms with Crippen molar-refractivity contribution < 1.29 is 10.2 Å². The van der Waals surface area contributed by atoms with Gasteiger partial charge in [-0.25, -0.2) is 0 Å². The third kappa shape index (κ3) is 3.38.